The fraction of sp³-hybridized carbons (Fsp3) is 0.611. The lowest BCUT2D eigenvalue weighted by Gasteiger charge is -2.27. The first-order chi connectivity index (χ1) is 12.7. The lowest BCUT2D eigenvalue weighted by molar-refractivity contribution is 0.0935. The van der Waals surface area contributed by atoms with Crippen molar-refractivity contribution in [3.8, 4) is 5.88 Å². The highest BCUT2D eigenvalue weighted by Crippen LogP contribution is 2.40. The average Bonchev–Trinajstić information content (AvgIpc) is 3.37. The predicted molar refractivity (Wildman–Crippen MR) is 105 cm³/mol. The molecule has 0 spiro atoms. The number of nitrogens with zero attached hydrogens (tertiary/aromatic N) is 2. The monoisotopic (exact) mass is 440 g/mol. The molecule has 8 nitrogen and oxygen atoms in total. The molecule has 27 heavy (non-hydrogen) atoms. The maximum Gasteiger partial charge on any atom is 0.405 e. The van der Waals surface area contributed by atoms with Crippen LogP contribution in [0.25, 0.3) is 0 Å². The summed E-state index contributed by atoms with van der Waals surface area (Å²) in [6.07, 6.45) is 3.39. The minimum absolute atomic E-state index is 0.115. The molecule has 2 heterocycles. The van der Waals surface area contributed by atoms with Crippen LogP contribution in [0.1, 0.15) is 43.5 Å². The van der Waals surface area contributed by atoms with Crippen molar-refractivity contribution in [3.63, 3.8) is 0 Å². The molecule has 9 heteroatoms. The first-order valence-electron chi connectivity index (χ1n) is 9.03. The topological polar surface area (TPSA) is 104 Å². The molecule has 1 aliphatic carbocycles. The third-order valence-corrected chi connectivity index (χ3v) is 6.00. The van der Waals surface area contributed by atoms with Crippen molar-refractivity contribution in [2.75, 3.05) is 25.1 Å². The highest BCUT2D eigenvalue weighted by molar-refractivity contribution is 9.10. The first-order valence-corrected chi connectivity index (χ1v) is 9.83. The largest absolute Gasteiger partial charge is 0.480 e. The minimum atomic E-state index is -1.05. The molecular weight excluding hydrogens is 416 g/mol. The van der Waals surface area contributed by atoms with Gasteiger partial charge in [0, 0.05) is 25.3 Å². The number of nitrogens with one attached hydrogen (secondary N) is 2. The lowest BCUT2D eigenvalue weighted by atomic mass is 10.0. The fourth-order valence-electron chi connectivity index (χ4n) is 3.59. The van der Waals surface area contributed by atoms with E-state index >= 15 is 0 Å². The van der Waals surface area contributed by atoms with Gasteiger partial charge in [0.25, 0.3) is 5.91 Å². The van der Waals surface area contributed by atoms with Gasteiger partial charge in [0.05, 0.1) is 23.9 Å². The molecule has 0 radical (unpaired) electrons. The van der Waals surface area contributed by atoms with Gasteiger partial charge in [-0.05, 0) is 55.0 Å². The normalized spacial score (nSPS) is 23.0. The van der Waals surface area contributed by atoms with Crippen molar-refractivity contribution < 1.29 is 19.4 Å². The number of methoxy groups -OCH3 is 1. The molecule has 148 valence electrons. The van der Waals surface area contributed by atoms with Gasteiger partial charge < -0.3 is 25.4 Å². The molecule has 2 atom stereocenters. The zero-order valence-corrected chi connectivity index (χ0v) is 17.3. The summed E-state index contributed by atoms with van der Waals surface area (Å²) in [6.45, 7) is 4.94. The van der Waals surface area contributed by atoms with E-state index in [1.54, 1.807) is 0 Å². The molecule has 0 aromatic carbocycles. The van der Waals surface area contributed by atoms with Crippen LogP contribution in [0.4, 0.5) is 10.5 Å². The van der Waals surface area contributed by atoms with Crippen molar-refractivity contribution >= 4 is 33.6 Å². The summed E-state index contributed by atoms with van der Waals surface area (Å²) in [5, 5.41) is 14.7. The van der Waals surface area contributed by atoms with Crippen molar-refractivity contribution in [2.45, 2.75) is 44.7 Å². The van der Waals surface area contributed by atoms with Crippen molar-refractivity contribution in [1.29, 1.82) is 0 Å². The number of rotatable bonds is 6. The Morgan fingerprint density at radius 2 is 2.19 bits per heavy atom. The Bertz CT molecular complexity index is 755. The molecule has 2 amide bonds. The molecule has 1 aliphatic heterocycles. The van der Waals surface area contributed by atoms with Gasteiger partial charge in [-0.1, -0.05) is 0 Å². The fourth-order valence-corrected chi connectivity index (χ4v) is 4.32. The number of aromatic nitrogens is 1. The van der Waals surface area contributed by atoms with Gasteiger partial charge in [-0.3, -0.25) is 4.79 Å². The van der Waals surface area contributed by atoms with Gasteiger partial charge >= 0.3 is 6.09 Å². The molecule has 0 unspecified atom stereocenters. The number of carboxylic acid groups (broad SMARTS) is 1. The zero-order valence-electron chi connectivity index (χ0n) is 15.7. The molecule has 2 aliphatic rings. The SMILES string of the molecule is COc1ncc(C(=O)N[C@@H](C)C2CC2)c(N2CC[C@](C)(NC(=O)O)C2)c1Br. The average molecular weight is 441 g/mol. The second-order valence-corrected chi connectivity index (χ2v) is 8.40. The Labute approximate surface area is 166 Å². The number of ether oxygens (including phenoxy) is 1. The van der Waals surface area contributed by atoms with Crippen molar-refractivity contribution in [3.05, 3.63) is 16.2 Å². The Morgan fingerprint density at radius 3 is 2.78 bits per heavy atom. The van der Waals surface area contributed by atoms with E-state index in [0.29, 0.717) is 47.0 Å². The van der Waals surface area contributed by atoms with Crippen LogP contribution < -0.4 is 20.3 Å². The van der Waals surface area contributed by atoms with E-state index in [1.165, 1.54) is 13.3 Å². The van der Waals surface area contributed by atoms with Crippen LogP contribution in [0.2, 0.25) is 0 Å². The molecule has 2 fully saturated rings. The zero-order chi connectivity index (χ0) is 19.8. The molecule has 1 aromatic heterocycles. The van der Waals surface area contributed by atoms with Crippen LogP contribution in [0.5, 0.6) is 5.88 Å². The van der Waals surface area contributed by atoms with Crippen molar-refractivity contribution in [2.24, 2.45) is 5.92 Å². The predicted octanol–water partition coefficient (Wildman–Crippen LogP) is 2.62. The Hall–Kier alpha value is -2.03. The maximum absolute atomic E-state index is 12.9. The van der Waals surface area contributed by atoms with Crippen LogP contribution in [0.15, 0.2) is 10.7 Å². The van der Waals surface area contributed by atoms with Crippen LogP contribution >= 0.6 is 15.9 Å². The van der Waals surface area contributed by atoms with Gasteiger partial charge in [-0.25, -0.2) is 9.78 Å². The summed E-state index contributed by atoms with van der Waals surface area (Å²) >= 11 is 3.52. The van der Waals surface area contributed by atoms with Crippen LogP contribution in [-0.4, -0.2) is 53.9 Å². The number of hydrogen-bond acceptors (Lipinski definition) is 5. The Morgan fingerprint density at radius 1 is 1.48 bits per heavy atom. The highest BCUT2D eigenvalue weighted by atomic mass is 79.9. The Balaban J connectivity index is 1.90. The number of amides is 2. The van der Waals surface area contributed by atoms with Crippen LogP contribution in [0, 0.1) is 5.92 Å². The summed E-state index contributed by atoms with van der Waals surface area (Å²) in [5.41, 5.74) is 0.546. The third kappa shape index (κ3) is 4.28. The summed E-state index contributed by atoms with van der Waals surface area (Å²) in [4.78, 5) is 30.2. The molecule has 1 saturated heterocycles. The number of hydrogen-bond donors (Lipinski definition) is 3. The number of pyridine rings is 1. The van der Waals surface area contributed by atoms with Crippen molar-refractivity contribution in [1.82, 2.24) is 15.6 Å². The van der Waals surface area contributed by atoms with E-state index in [1.807, 2.05) is 18.7 Å². The van der Waals surface area contributed by atoms with Crippen LogP contribution in [0.3, 0.4) is 0 Å². The number of anilines is 1. The van der Waals surface area contributed by atoms with E-state index in [9.17, 15) is 9.59 Å². The van der Waals surface area contributed by atoms with Crippen LogP contribution in [-0.2, 0) is 0 Å². The molecular formula is C18H25BrN4O4. The number of carbonyl (C=O) groups excluding carboxylic acids is 1. The maximum atomic E-state index is 12.9. The third-order valence-electron chi connectivity index (χ3n) is 5.29. The second-order valence-electron chi connectivity index (χ2n) is 7.61. The standard InChI is InChI=1S/C18H25BrN4O4/c1-10(11-4-5-11)21-15(24)12-8-20-16(27-3)13(19)14(12)23-7-6-18(2,9-23)22-17(25)26/h8,10-11,22H,4-7,9H2,1-3H3,(H,21,24)(H,25,26)/t10-,18-/m0/s1. The van der Waals surface area contributed by atoms with Gasteiger partial charge in [0.2, 0.25) is 5.88 Å². The summed E-state index contributed by atoms with van der Waals surface area (Å²) in [5.74, 6) is 0.749. The van der Waals surface area contributed by atoms with E-state index in [-0.39, 0.29) is 11.9 Å². The number of halogens is 1. The quantitative estimate of drug-likeness (QED) is 0.627. The Kier molecular flexibility index (Phi) is 5.50. The minimum Gasteiger partial charge on any atom is -0.480 e. The van der Waals surface area contributed by atoms with E-state index in [2.05, 4.69) is 31.5 Å². The first kappa shape index (κ1) is 19.7. The summed E-state index contributed by atoms with van der Waals surface area (Å²) in [6, 6.07) is 0.115. The van der Waals surface area contributed by atoms with Gasteiger partial charge in [-0.15, -0.1) is 0 Å². The highest BCUT2D eigenvalue weighted by Gasteiger charge is 2.38. The molecule has 3 rings (SSSR count). The molecule has 3 N–H and O–H groups in total. The van der Waals surface area contributed by atoms with E-state index in [4.69, 9.17) is 9.84 Å². The molecule has 1 aromatic rings. The lowest BCUT2D eigenvalue weighted by Crippen LogP contribution is -2.47. The molecule has 0 bridgehead atoms. The summed E-state index contributed by atoms with van der Waals surface area (Å²) in [7, 11) is 1.52. The van der Waals surface area contributed by atoms with Gasteiger partial charge in [-0.2, -0.15) is 0 Å². The molecule has 1 saturated carbocycles. The van der Waals surface area contributed by atoms with Gasteiger partial charge in [0.1, 0.15) is 4.47 Å². The van der Waals surface area contributed by atoms with Gasteiger partial charge in [0.15, 0.2) is 0 Å². The van der Waals surface area contributed by atoms with E-state index < -0.39 is 11.6 Å². The smallest absolute Gasteiger partial charge is 0.405 e. The second kappa shape index (κ2) is 7.53. The van der Waals surface area contributed by atoms with E-state index in [0.717, 1.165) is 12.8 Å². The number of carbonyl (C=O) groups is 2. The summed E-state index contributed by atoms with van der Waals surface area (Å²) < 4.78 is 5.89.